The first-order chi connectivity index (χ1) is 10.8. The predicted octanol–water partition coefficient (Wildman–Crippen LogP) is 3.24. The van der Waals surface area contributed by atoms with E-state index in [1.165, 1.54) is 0 Å². The summed E-state index contributed by atoms with van der Waals surface area (Å²) < 4.78 is 6.40. The molecule has 0 spiro atoms. The van der Waals surface area contributed by atoms with Gasteiger partial charge in [0, 0.05) is 0 Å². The van der Waals surface area contributed by atoms with E-state index in [1.807, 2.05) is 67.6 Å². The van der Waals surface area contributed by atoms with Crippen LogP contribution in [0.15, 0.2) is 60.7 Å². The maximum Gasteiger partial charge on any atom is 0.321 e. The van der Waals surface area contributed by atoms with Gasteiger partial charge in [-0.15, -0.1) is 0 Å². The van der Waals surface area contributed by atoms with E-state index in [1.54, 1.807) is 0 Å². The summed E-state index contributed by atoms with van der Waals surface area (Å²) in [6.07, 6.45) is 0. The van der Waals surface area contributed by atoms with Crippen LogP contribution < -0.4 is 0 Å². The lowest BCUT2D eigenvalue weighted by Crippen LogP contribution is -2.41. The quantitative estimate of drug-likeness (QED) is 0.604. The van der Waals surface area contributed by atoms with Gasteiger partial charge in [-0.1, -0.05) is 60.7 Å². The van der Waals surface area contributed by atoms with Crippen molar-refractivity contribution >= 4 is 5.97 Å². The van der Waals surface area contributed by atoms with Crippen LogP contribution >= 0.6 is 0 Å². The van der Waals surface area contributed by atoms with Crippen LogP contribution in [0.3, 0.4) is 0 Å². The molecule has 3 nitrogen and oxygen atoms in total. The summed E-state index contributed by atoms with van der Waals surface area (Å²) in [4.78, 5) is 12.9. The fraction of sp³-hybridized carbons (Fsp3) is 0.350. The van der Waals surface area contributed by atoms with Gasteiger partial charge < -0.3 is 9.22 Å². The Bertz CT molecular complexity index is 590. The van der Waals surface area contributed by atoms with Crippen molar-refractivity contribution in [3.63, 3.8) is 0 Å². The predicted molar refractivity (Wildman–Crippen MR) is 93.2 cm³/mol. The van der Waals surface area contributed by atoms with Crippen LogP contribution in [0.4, 0.5) is 0 Å². The number of carbonyl (C=O) groups excluding carboxylic acids is 1. The minimum atomic E-state index is -0.798. The molecule has 0 radical (unpaired) electrons. The van der Waals surface area contributed by atoms with Crippen LogP contribution in [0.2, 0.25) is 0 Å². The molecule has 23 heavy (non-hydrogen) atoms. The van der Waals surface area contributed by atoms with E-state index in [9.17, 15) is 4.79 Å². The second-order valence-electron chi connectivity index (χ2n) is 7.01. The maximum absolute atomic E-state index is 12.9. The lowest BCUT2D eigenvalue weighted by Gasteiger charge is -2.30. The summed E-state index contributed by atoms with van der Waals surface area (Å²) in [6, 6.07) is 19.6. The van der Waals surface area contributed by atoms with E-state index < -0.39 is 5.41 Å². The Labute approximate surface area is 139 Å². The summed E-state index contributed by atoms with van der Waals surface area (Å²) in [5.41, 5.74) is 1.09. The van der Waals surface area contributed by atoms with E-state index in [-0.39, 0.29) is 5.97 Å². The average molecular weight is 312 g/mol. The highest BCUT2D eigenvalue weighted by atomic mass is 16.5. The Balaban J connectivity index is 2.30. The molecule has 2 rings (SSSR count). The number of rotatable bonds is 6. The van der Waals surface area contributed by atoms with Gasteiger partial charge in [0.1, 0.15) is 18.6 Å². The zero-order valence-electron chi connectivity index (χ0n) is 14.5. The number of benzene rings is 2. The Morgan fingerprint density at radius 3 is 1.74 bits per heavy atom. The largest absolute Gasteiger partial charge is 0.459 e. The number of hydrogen-bond acceptors (Lipinski definition) is 2. The van der Waals surface area contributed by atoms with Gasteiger partial charge in [0.2, 0.25) is 0 Å². The summed E-state index contributed by atoms with van der Waals surface area (Å²) in [7, 11) is 6.25. The van der Waals surface area contributed by atoms with Crippen molar-refractivity contribution in [3.05, 3.63) is 71.8 Å². The Hall–Kier alpha value is -2.13. The molecular weight excluding hydrogens is 286 g/mol. The highest BCUT2D eigenvalue weighted by molar-refractivity contribution is 5.87. The van der Waals surface area contributed by atoms with Crippen LogP contribution in [0.1, 0.15) is 18.1 Å². The second-order valence-corrected chi connectivity index (χ2v) is 7.01. The number of likely N-dealkylation sites (N-methyl/N-ethyl adjacent to an activating group) is 1. The molecule has 0 aliphatic rings. The van der Waals surface area contributed by atoms with Gasteiger partial charge >= 0.3 is 5.97 Å². The molecule has 0 N–H and O–H groups in total. The fourth-order valence-corrected chi connectivity index (χ4v) is 2.50. The number of ether oxygens (including phenoxy) is 1. The van der Waals surface area contributed by atoms with Crippen LogP contribution in [-0.2, 0) is 14.9 Å². The minimum absolute atomic E-state index is 0.205. The van der Waals surface area contributed by atoms with Crippen LogP contribution in [0, 0.1) is 0 Å². The highest BCUT2D eigenvalue weighted by Crippen LogP contribution is 2.33. The first kappa shape index (κ1) is 17.2. The van der Waals surface area contributed by atoms with Crippen molar-refractivity contribution in [2.24, 2.45) is 0 Å². The highest BCUT2D eigenvalue weighted by Gasteiger charge is 2.38. The standard InChI is InChI=1S/C20H26NO2/c1-20(17-11-7-5-8-12-17,18-13-9-6-10-14-18)19(22)23-16-15-21(2,3)4/h5-14H,15-16H2,1-4H3/q+1. The van der Waals surface area contributed by atoms with Gasteiger partial charge in [0.05, 0.1) is 21.1 Å². The average Bonchev–Trinajstić information content (AvgIpc) is 2.54. The summed E-state index contributed by atoms with van der Waals surface area (Å²) >= 11 is 0. The van der Waals surface area contributed by atoms with Gasteiger partial charge in [-0.25, -0.2) is 0 Å². The second kappa shape index (κ2) is 6.97. The topological polar surface area (TPSA) is 26.3 Å². The van der Waals surface area contributed by atoms with Crippen molar-refractivity contribution in [2.45, 2.75) is 12.3 Å². The molecule has 2 aromatic carbocycles. The van der Waals surface area contributed by atoms with Crippen LogP contribution in [0.5, 0.6) is 0 Å². The monoisotopic (exact) mass is 312 g/mol. The van der Waals surface area contributed by atoms with E-state index in [2.05, 4.69) is 21.1 Å². The molecule has 0 fully saturated rings. The van der Waals surface area contributed by atoms with Crippen molar-refractivity contribution < 1.29 is 14.0 Å². The molecule has 0 aliphatic carbocycles. The lowest BCUT2D eigenvalue weighted by atomic mass is 9.76. The Kier molecular flexibility index (Phi) is 5.22. The molecule has 0 aliphatic heterocycles. The zero-order valence-corrected chi connectivity index (χ0v) is 14.5. The van der Waals surface area contributed by atoms with E-state index >= 15 is 0 Å². The summed E-state index contributed by atoms with van der Waals surface area (Å²) in [6.45, 7) is 3.13. The summed E-state index contributed by atoms with van der Waals surface area (Å²) in [5, 5.41) is 0. The Morgan fingerprint density at radius 1 is 0.913 bits per heavy atom. The number of carbonyl (C=O) groups is 1. The molecule has 0 heterocycles. The van der Waals surface area contributed by atoms with E-state index in [0.717, 1.165) is 22.2 Å². The van der Waals surface area contributed by atoms with Gasteiger partial charge in [0.15, 0.2) is 0 Å². The molecule has 2 aromatic rings. The van der Waals surface area contributed by atoms with Crippen molar-refractivity contribution in [1.82, 2.24) is 0 Å². The van der Waals surface area contributed by atoms with Gasteiger partial charge in [-0.05, 0) is 18.1 Å². The number of esters is 1. The van der Waals surface area contributed by atoms with Crippen molar-refractivity contribution in [3.8, 4) is 0 Å². The minimum Gasteiger partial charge on any atom is -0.459 e. The van der Waals surface area contributed by atoms with Gasteiger partial charge in [-0.2, -0.15) is 0 Å². The number of hydrogen-bond donors (Lipinski definition) is 0. The first-order valence-electron chi connectivity index (χ1n) is 7.93. The lowest BCUT2D eigenvalue weighted by molar-refractivity contribution is -0.870. The summed E-state index contributed by atoms with van der Waals surface area (Å²) in [5.74, 6) is -0.205. The van der Waals surface area contributed by atoms with E-state index in [4.69, 9.17) is 4.74 Å². The maximum atomic E-state index is 12.9. The third kappa shape index (κ3) is 4.20. The fourth-order valence-electron chi connectivity index (χ4n) is 2.50. The van der Waals surface area contributed by atoms with Crippen LogP contribution in [-0.4, -0.2) is 44.7 Å². The smallest absolute Gasteiger partial charge is 0.321 e. The van der Waals surface area contributed by atoms with Gasteiger partial charge in [0.25, 0.3) is 0 Å². The third-order valence-corrected chi connectivity index (χ3v) is 4.11. The Morgan fingerprint density at radius 2 is 1.35 bits per heavy atom. The molecule has 0 saturated carbocycles. The number of quaternary nitrogens is 1. The van der Waals surface area contributed by atoms with Crippen LogP contribution in [0.25, 0.3) is 0 Å². The molecule has 0 aromatic heterocycles. The molecule has 3 heteroatoms. The molecule has 0 atom stereocenters. The molecule has 0 unspecified atom stereocenters. The van der Waals surface area contributed by atoms with E-state index in [0.29, 0.717) is 6.61 Å². The molecule has 0 saturated heterocycles. The first-order valence-corrected chi connectivity index (χ1v) is 7.93. The molecule has 122 valence electrons. The molecule has 0 amide bonds. The zero-order chi connectivity index (χ0) is 16.9. The van der Waals surface area contributed by atoms with Gasteiger partial charge in [-0.3, -0.25) is 4.79 Å². The third-order valence-electron chi connectivity index (χ3n) is 4.11. The number of nitrogens with zero attached hydrogens (tertiary/aromatic N) is 1. The molecule has 0 bridgehead atoms. The van der Waals surface area contributed by atoms with Crippen molar-refractivity contribution in [1.29, 1.82) is 0 Å². The SMILES string of the molecule is CC(C(=O)OCC[N+](C)(C)C)(c1ccccc1)c1ccccc1. The normalized spacial score (nSPS) is 12.0. The molecular formula is C20H26NO2+. The van der Waals surface area contributed by atoms with Crippen molar-refractivity contribution in [2.75, 3.05) is 34.3 Å².